The summed E-state index contributed by atoms with van der Waals surface area (Å²) in [4.78, 5) is 0. The molecule has 0 saturated carbocycles. The Kier molecular flexibility index (Phi) is 5.68. The molecule has 0 aliphatic carbocycles. The van der Waals surface area contributed by atoms with Crippen LogP contribution in [0.5, 0.6) is 5.75 Å². The average Bonchev–Trinajstić information content (AvgIpc) is 3.04. The lowest BCUT2D eigenvalue weighted by Gasteiger charge is -2.20. The zero-order chi connectivity index (χ0) is 17.8. The van der Waals surface area contributed by atoms with Gasteiger partial charge in [-0.05, 0) is 56.3 Å². The van der Waals surface area contributed by atoms with Crippen molar-refractivity contribution < 1.29 is 9.13 Å². The van der Waals surface area contributed by atoms with Crippen LogP contribution >= 0.6 is 0 Å². The Morgan fingerprint density at radius 3 is 2.88 bits per heavy atom. The summed E-state index contributed by atoms with van der Waals surface area (Å²) in [6.45, 7) is 6.16. The number of benzene rings is 1. The molecular weight excluding hydrogens is 319 g/mol. The van der Waals surface area contributed by atoms with Crippen LogP contribution in [0.1, 0.15) is 49.9 Å². The molecule has 1 N–H and O–H groups in total. The maximum absolute atomic E-state index is 13.8. The largest absolute Gasteiger partial charge is 0.494 e. The summed E-state index contributed by atoms with van der Waals surface area (Å²) in [5, 5.41) is 12.2. The average molecular weight is 346 g/mol. The van der Waals surface area contributed by atoms with E-state index in [9.17, 15) is 4.39 Å². The smallest absolute Gasteiger partial charge is 0.165 e. The summed E-state index contributed by atoms with van der Waals surface area (Å²) in [5.41, 5.74) is 0.986. The highest BCUT2D eigenvalue weighted by molar-refractivity contribution is 5.29. The summed E-state index contributed by atoms with van der Waals surface area (Å²) >= 11 is 0. The van der Waals surface area contributed by atoms with E-state index in [1.165, 1.54) is 20.0 Å². The van der Waals surface area contributed by atoms with Crippen molar-refractivity contribution in [1.29, 1.82) is 0 Å². The molecular formula is C19H27FN4O. The topological polar surface area (TPSA) is 52.0 Å². The van der Waals surface area contributed by atoms with E-state index in [0.29, 0.717) is 11.7 Å². The lowest BCUT2D eigenvalue weighted by Crippen LogP contribution is -2.28. The summed E-state index contributed by atoms with van der Waals surface area (Å²) < 4.78 is 21.0. The third-order valence-corrected chi connectivity index (χ3v) is 4.85. The van der Waals surface area contributed by atoms with Gasteiger partial charge in [0.1, 0.15) is 11.6 Å². The Labute approximate surface area is 148 Å². The molecule has 0 spiro atoms. The number of hydrogen-bond donors (Lipinski definition) is 1. The molecule has 1 aromatic heterocycles. The van der Waals surface area contributed by atoms with Gasteiger partial charge >= 0.3 is 0 Å². The van der Waals surface area contributed by atoms with E-state index in [1.54, 1.807) is 12.1 Å². The van der Waals surface area contributed by atoms with Crippen LogP contribution in [0.15, 0.2) is 18.2 Å². The van der Waals surface area contributed by atoms with Crippen molar-refractivity contribution >= 4 is 0 Å². The van der Waals surface area contributed by atoms with Crippen LogP contribution in [0.4, 0.5) is 4.39 Å². The lowest BCUT2D eigenvalue weighted by molar-refractivity contribution is 0.385. The minimum absolute atomic E-state index is 0.161. The first-order chi connectivity index (χ1) is 12.1. The molecule has 136 valence electrons. The number of aromatic nitrogens is 3. The van der Waals surface area contributed by atoms with Crippen LogP contribution in [-0.2, 0) is 19.4 Å². The van der Waals surface area contributed by atoms with Gasteiger partial charge in [0, 0.05) is 13.0 Å². The van der Waals surface area contributed by atoms with Gasteiger partial charge in [-0.1, -0.05) is 13.0 Å². The van der Waals surface area contributed by atoms with Crippen molar-refractivity contribution in [2.45, 2.75) is 52.1 Å². The third-order valence-electron chi connectivity index (χ3n) is 4.85. The number of hydrogen-bond acceptors (Lipinski definition) is 4. The molecule has 5 nitrogen and oxygen atoms in total. The van der Waals surface area contributed by atoms with Crippen molar-refractivity contribution in [3.63, 3.8) is 0 Å². The summed E-state index contributed by atoms with van der Waals surface area (Å²) in [5.74, 6) is 2.51. The monoisotopic (exact) mass is 346 g/mol. The molecule has 3 rings (SSSR count). The third kappa shape index (κ3) is 4.18. The summed E-state index contributed by atoms with van der Waals surface area (Å²) in [6, 6.07) is 5.34. The Hall–Kier alpha value is -1.95. The molecule has 2 aromatic rings. The second-order valence-corrected chi connectivity index (χ2v) is 6.99. The SMILES string of the molecule is COc1ccc(C[C@@H](C)CN[C@@H](C)c2nnc3n2CCCC3)cc1F. The van der Waals surface area contributed by atoms with Gasteiger partial charge in [0.15, 0.2) is 11.6 Å². The number of rotatable bonds is 7. The van der Waals surface area contributed by atoms with Crippen LogP contribution in [0.3, 0.4) is 0 Å². The molecule has 0 saturated heterocycles. The predicted octanol–water partition coefficient (Wildman–Crippen LogP) is 3.29. The summed E-state index contributed by atoms with van der Waals surface area (Å²) in [7, 11) is 1.48. The van der Waals surface area contributed by atoms with Gasteiger partial charge in [-0.2, -0.15) is 0 Å². The minimum Gasteiger partial charge on any atom is -0.494 e. The minimum atomic E-state index is -0.302. The Morgan fingerprint density at radius 2 is 2.12 bits per heavy atom. The number of methoxy groups -OCH3 is 1. The van der Waals surface area contributed by atoms with Gasteiger partial charge in [-0.3, -0.25) is 0 Å². The zero-order valence-electron chi connectivity index (χ0n) is 15.3. The Balaban J connectivity index is 1.54. The van der Waals surface area contributed by atoms with E-state index in [-0.39, 0.29) is 11.9 Å². The molecule has 2 atom stereocenters. The van der Waals surface area contributed by atoms with Crippen LogP contribution in [-0.4, -0.2) is 28.4 Å². The molecule has 25 heavy (non-hydrogen) atoms. The number of nitrogens with one attached hydrogen (secondary N) is 1. The molecule has 0 radical (unpaired) electrons. The fraction of sp³-hybridized carbons (Fsp3) is 0.579. The molecule has 1 aliphatic heterocycles. The first-order valence-corrected chi connectivity index (χ1v) is 9.06. The number of fused-ring (bicyclic) bond motifs is 1. The van der Waals surface area contributed by atoms with Gasteiger partial charge < -0.3 is 14.6 Å². The number of aryl methyl sites for hydroxylation is 1. The van der Waals surface area contributed by atoms with Crippen molar-refractivity contribution in [1.82, 2.24) is 20.1 Å². The number of nitrogens with zero attached hydrogens (tertiary/aromatic N) is 3. The van der Waals surface area contributed by atoms with E-state index >= 15 is 0 Å². The molecule has 0 amide bonds. The maximum atomic E-state index is 13.8. The fourth-order valence-corrected chi connectivity index (χ4v) is 3.43. The second-order valence-electron chi connectivity index (χ2n) is 6.99. The zero-order valence-corrected chi connectivity index (χ0v) is 15.3. The first-order valence-electron chi connectivity index (χ1n) is 9.06. The molecule has 0 unspecified atom stereocenters. The van der Waals surface area contributed by atoms with Gasteiger partial charge in [0.05, 0.1) is 13.2 Å². The number of ether oxygens (including phenoxy) is 1. The van der Waals surface area contributed by atoms with Crippen LogP contribution in [0, 0.1) is 11.7 Å². The van der Waals surface area contributed by atoms with Gasteiger partial charge in [0.25, 0.3) is 0 Å². The quantitative estimate of drug-likeness (QED) is 0.836. The standard InChI is InChI=1S/C19H27FN4O/c1-13(10-15-7-8-17(25-3)16(20)11-15)12-21-14(2)19-23-22-18-6-4-5-9-24(18)19/h7-8,11,13-14,21H,4-6,9-10,12H2,1-3H3/t13-,14+/m1/s1. The second kappa shape index (κ2) is 7.95. The molecule has 2 heterocycles. The number of halogens is 1. The summed E-state index contributed by atoms with van der Waals surface area (Å²) in [6.07, 6.45) is 4.25. The maximum Gasteiger partial charge on any atom is 0.165 e. The van der Waals surface area contributed by atoms with E-state index in [4.69, 9.17) is 4.74 Å². The van der Waals surface area contributed by atoms with Crippen LogP contribution in [0.2, 0.25) is 0 Å². The predicted molar refractivity (Wildman–Crippen MR) is 95.2 cm³/mol. The first kappa shape index (κ1) is 17.9. The molecule has 1 aliphatic rings. The van der Waals surface area contributed by atoms with Crippen molar-refractivity contribution in [2.24, 2.45) is 5.92 Å². The highest BCUT2D eigenvalue weighted by Crippen LogP contribution is 2.21. The van der Waals surface area contributed by atoms with Crippen molar-refractivity contribution in [3.05, 3.63) is 41.2 Å². The molecule has 0 fully saturated rings. The van der Waals surface area contributed by atoms with E-state index in [0.717, 1.165) is 43.1 Å². The Morgan fingerprint density at radius 1 is 1.28 bits per heavy atom. The highest BCUT2D eigenvalue weighted by atomic mass is 19.1. The highest BCUT2D eigenvalue weighted by Gasteiger charge is 2.20. The normalized spacial score (nSPS) is 16.3. The fourth-order valence-electron chi connectivity index (χ4n) is 3.43. The van der Waals surface area contributed by atoms with E-state index in [1.807, 2.05) is 6.07 Å². The molecule has 6 heteroatoms. The molecule has 0 bridgehead atoms. The van der Waals surface area contributed by atoms with Gasteiger partial charge in [-0.15, -0.1) is 10.2 Å². The van der Waals surface area contributed by atoms with E-state index in [2.05, 4.69) is 33.9 Å². The van der Waals surface area contributed by atoms with Crippen molar-refractivity contribution in [2.75, 3.05) is 13.7 Å². The van der Waals surface area contributed by atoms with Crippen LogP contribution < -0.4 is 10.1 Å². The van der Waals surface area contributed by atoms with Gasteiger partial charge in [0.2, 0.25) is 0 Å². The molecule has 1 aromatic carbocycles. The lowest BCUT2D eigenvalue weighted by atomic mass is 10.0. The Bertz CT molecular complexity index is 715. The van der Waals surface area contributed by atoms with Gasteiger partial charge in [-0.25, -0.2) is 4.39 Å². The van der Waals surface area contributed by atoms with Crippen molar-refractivity contribution in [3.8, 4) is 5.75 Å². The van der Waals surface area contributed by atoms with Crippen LogP contribution in [0.25, 0.3) is 0 Å². The van der Waals surface area contributed by atoms with E-state index < -0.39 is 0 Å².